The maximum atomic E-state index is 11.5. The fourth-order valence-corrected chi connectivity index (χ4v) is 1.75. The standard InChI is InChI=1S/C11H17ClN2O/c1-9(3-5-12)4-6-14-8-13-10(2)7-11(14)15/h7-9H,3-6H2,1-2H3. The highest BCUT2D eigenvalue weighted by Crippen LogP contribution is 2.08. The zero-order chi connectivity index (χ0) is 11.3. The lowest BCUT2D eigenvalue weighted by Gasteiger charge is -2.10. The molecule has 0 saturated heterocycles. The highest BCUT2D eigenvalue weighted by Gasteiger charge is 2.03. The van der Waals surface area contributed by atoms with E-state index >= 15 is 0 Å². The number of aryl methyl sites for hydroxylation is 2. The highest BCUT2D eigenvalue weighted by atomic mass is 35.5. The molecule has 0 aromatic carbocycles. The summed E-state index contributed by atoms with van der Waals surface area (Å²) in [5.74, 6) is 1.23. The smallest absolute Gasteiger partial charge is 0.253 e. The van der Waals surface area contributed by atoms with Gasteiger partial charge in [-0.2, -0.15) is 0 Å². The SMILES string of the molecule is Cc1cc(=O)n(CCC(C)CCCl)cn1. The van der Waals surface area contributed by atoms with Gasteiger partial charge in [-0.15, -0.1) is 11.6 Å². The minimum absolute atomic E-state index is 0.0283. The van der Waals surface area contributed by atoms with Gasteiger partial charge in [0.1, 0.15) is 0 Å². The zero-order valence-corrected chi connectivity index (χ0v) is 10.00. The maximum Gasteiger partial charge on any atom is 0.253 e. The molecule has 15 heavy (non-hydrogen) atoms. The van der Waals surface area contributed by atoms with Gasteiger partial charge in [0.05, 0.1) is 6.33 Å². The van der Waals surface area contributed by atoms with Gasteiger partial charge in [0.15, 0.2) is 0 Å². The molecule has 0 aliphatic rings. The molecular weight excluding hydrogens is 212 g/mol. The summed E-state index contributed by atoms with van der Waals surface area (Å²) in [5.41, 5.74) is 0.797. The number of aromatic nitrogens is 2. The molecule has 1 unspecified atom stereocenters. The van der Waals surface area contributed by atoms with E-state index in [-0.39, 0.29) is 5.56 Å². The van der Waals surface area contributed by atoms with Gasteiger partial charge in [0.2, 0.25) is 0 Å². The second kappa shape index (κ2) is 5.91. The van der Waals surface area contributed by atoms with Crippen LogP contribution in [0.4, 0.5) is 0 Å². The van der Waals surface area contributed by atoms with E-state index < -0.39 is 0 Å². The van der Waals surface area contributed by atoms with Gasteiger partial charge in [-0.25, -0.2) is 4.98 Å². The molecule has 0 N–H and O–H groups in total. The molecule has 0 aliphatic carbocycles. The molecule has 0 spiro atoms. The number of nitrogens with zero attached hydrogens (tertiary/aromatic N) is 2. The molecule has 0 bridgehead atoms. The molecular formula is C11H17ClN2O. The van der Waals surface area contributed by atoms with Crippen LogP contribution in [0.15, 0.2) is 17.2 Å². The van der Waals surface area contributed by atoms with Crippen LogP contribution in [-0.2, 0) is 6.54 Å². The van der Waals surface area contributed by atoms with E-state index in [0.717, 1.165) is 25.1 Å². The van der Waals surface area contributed by atoms with Crippen molar-refractivity contribution >= 4 is 11.6 Å². The Morgan fingerprint density at radius 2 is 2.27 bits per heavy atom. The van der Waals surface area contributed by atoms with Crippen molar-refractivity contribution in [2.24, 2.45) is 5.92 Å². The first-order valence-electron chi connectivity index (χ1n) is 5.22. The van der Waals surface area contributed by atoms with Crippen molar-refractivity contribution in [1.29, 1.82) is 0 Å². The minimum atomic E-state index is 0.0283. The lowest BCUT2D eigenvalue weighted by molar-refractivity contribution is 0.461. The van der Waals surface area contributed by atoms with Crippen LogP contribution in [0.1, 0.15) is 25.5 Å². The summed E-state index contributed by atoms with van der Waals surface area (Å²) in [6, 6.07) is 1.56. The Labute approximate surface area is 95.1 Å². The topological polar surface area (TPSA) is 34.9 Å². The Kier molecular flexibility index (Phi) is 4.82. The van der Waals surface area contributed by atoms with Crippen LogP contribution < -0.4 is 5.56 Å². The van der Waals surface area contributed by atoms with E-state index in [1.807, 2.05) is 6.92 Å². The molecule has 1 aromatic heterocycles. The van der Waals surface area contributed by atoms with Gasteiger partial charge < -0.3 is 0 Å². The van der Waals surface area contributed by atoms with Crippen molar-refractivity contribution in [3.8, 4) is 0 Å². The fraction of sp³-hybridized carbons (Fsp3) is 0.636. The van der Waals surface area contributed by atoms with Gasteiger partial charge in [-0.05, 0) is 25.7 Å². The molecule has 1 rings (SSSR count). The van der Waals surface area contributed by atoms with Crippen molar-refractivity contribution in [3.05, 3.63) is 28.4 Å². The van der Waals surface area contributed by atoms with Crippen LogP contribution >= 0.6 is 11.6 Å². The lowest BCUT2D eigenvalue weighted by atomic mass is 10.1. The molecule has 1 heterocycles. The van der Waals surface area contributed by atoms with Crippen molar-refractivity contribution in [2.75, 3.05) is 5.88 Å². The first-order chi connectivity index (χ1) is 7.13. The van der Waals surface area contributed by atoms with Crippen LogP contribution in [0, 0.1) is 12.8 Å². The van der Waals surface area contributed by atoms with Gasteiger partial charge in [0, 0.05) is 24.2 Å². The monoisotopic (exact) mass is 228 g/mol. The van der Waals surface area contributed by atoms with Gasteiger partial charge in [-0.1, -0.05) is 6.92 Å². The Morgan fingerprint density at radius 3 is 2.87 bits per heavy atom. The van der Waals surface area contributed by atoms with Crippen molar-refractivity contribution in [3.63, 3.8) is 0 Å². The Bertz CT molecular complexity index is 362. The predicted octanol–water partition coefficient (Wildman–Crippen LogP) is 2.21. The van der Waals surface area contributed by atoms with Crippen LogP contribution in [0.2, 0.25) is 0 Å². The third-order valence-corrected chi connectivity index (χ3v) is 2.70. The minimum Gasteiger partial charge on any atom is -0.299 e. The van der Waals surface area contributed by atoms with E-state index in [9.17, 15) is 4.79 Å². The summed E-state index contributed by atoms with van der Waals surface area (Å²) >= 11 is 5.65. The molecule has 0 radical (unpaired) electrons. The summed E-state index contributed by atoms with van der Waals surface area (Å²) in [7, 11) is 0. The molecule has 1 atom stereocenters. The number of hydrogen-bond donors (Lipinski definition) is 0. The third kappa shape index (κ3) is 4.04. The molecule has 0 aliphatic heterocycles. The summed E-state index contributed by atoms with van der Waals surface area (Å²) in [6.07, 6.45) is 3.58. The van der Waals surface area contributed by atoms with E-state index in [0.29, 0.717) is 11.8 Å². The van der Waals surface area contributed by atoms with Gasteiger partial charge in [-0.3, -0.25) is 9.36 Å². The Balaban J connectivity index is 2.54. The molecule has 0 amide bonds. The van der Waals surface area contributed by atoms with E-state index in [2.05, 4.69) is 11.9 Å². The molecule has 3 nitrogen and oxygen atoms in total. The summed E-state index contributed by atoms with van der Waals surface area (Å²) in [6.45, 7) is 4.70. The fourth-order valence-electron chi connectivity index (χ4n) is 1.37. The van der Waals surface area contributed by atoms with E-state index in [4.69, 9.17) is 11.6 Å². The Morgan fingerprint density at radius 1 is 1.53 bits per heavy atom. The average molecular weight is 229 g/mol. The zero-order valence-electron chi connectivity index (χ0n) is 9.24. The second-order valence-electron chi connectivity index (χ2n) is 3.93. The lowest BCUT2D eigenvalue weighted by Crippen LogP contribution is -2.21. The van der Waals surface area contributed by atoms with Gasteiger partial charge >= 0.3 is 0 Å². The van der Waals surface area contributed by atoms with Gasteiger partial charge in [0.25, 0.3) is 5.56 Å². The molecule has 0 saturated carbocycles. The highest BCUT2D eigenvalue weighted by molar-refractivity contribution is 6.17. The van der Waals surface area contributed by atoms with Crippen molar-refractivity contribution in [1.82, 2.24) is 9.55 Å². The third-order valence-electron chi connectivity index (χ3n) is 2.48. The summed E-state index contributed by atoms with van der Waals surface area (Å²) < 4.78 is 1.65. The number of rotatable bonds is 5. The van der Waals surface area contributed by atoms with Crippen LogP contribution in [0.5, 0.6) is 0 Å². The predicted molar refractivity (Wildman–Crippen MR) is 62.4 cm³/mol. The second-order valence-corrected chi connectivity index (χ2v) is 4.31. The number of halogens is 1. The first kappa shape index (κ1) is 12.2. The molecule has 4 heteroatoms. The molecule has 0 fully saturated rings. The van der Waals surface area contributed by atoms with Crippen LogP contribution in [-0.4, -0.2) is 15.4 Å². The molecule has 84 valence electrons. The summed E-state index contributed by atoms with van der Waals surface area (Å²) in [5, 5.41) is 0. The number of hydrogen-bond acceptors (Lipinski definition) is 2. The average Bonchev–Trinajstić information content (AvgIpc) is 2.17. The summed E-state index contributed by atoms with van der Waals surface area (Å²) in [4.78, 5) is 15.6. The Hall–Kier alpha value is -0.830. The van der Waals surface area contributed by atoms with Crippen molar-refractivity contribution in [2.45, 2.75) is 33.2 Å². The van der Waals surface area contributed by atoms with Crippen LogP contribution in [0.3, 0.4) is 0 Å². The first-order valence-corrected chi connectivity index (χ1v) is 5.76. The van der Waals surface area contributed by atoms with E-state index in [1.165, 1.54) is 0 Å². The quantitative estimate of drug-likeness (QED) is 0.725. The van der Waals surface area contributed by atoms with E-state index in [1.54, 1.807) is 17.0 Å². The maximum absolute atomic E-state index is 11.5. The van der Waals surface area contributed by atoms with Crippen molar-refractivity contribution < 1.29 is 0 Å². The molecule has 1 aromatic rings. The largest absolute Gasteiger partial charge is 0.299 e. The van der Waals surface area contributed by atoms with Crippen LogP contribution in [0.25, 0.3) is 0 Å². The normalized spacial score (nSPS) is 12.7. The number of alkyl halides is 1.